The maximum absolute atomic E-state index is 7.27. The summed E-state index contributed by atoms with van der Waals surface area (Å²) in [6.45, 7) is 2.77. The minimum Gasteiger partial charge on any atom is -0.383 e. The van der Waals surface area contributed by atoms with Crippen LogP contribution in [0.2, 0.25) is 0 Å². The summed E-state index contributed by atoms with van der Waals surface area (Å²) in [4.78, 5) is 10.9. The van der Waals surface area contributed by atoms with E-state index in [1.54, 1.807) is 0 Å². The van der Waals surface area contributed by atoms with Gasteiger partial charge >= 0.3 is 0 Å². The van der Waals surface area contributed by atoms with Gasteiger partial charge in [-0.25, -0.2) is 4.99 Å². The van der Waals surface area contributed by atoms with E-state index < -0.39 is 5.41 Å². The number of hydrogen-bond acceptors (Lipinski definition) is 1. The highest BCUT2D eigenvalue weighted by molar-refractivity contribution is 6.12. The largest absolute Gasteiger partial charge is 0.383 e. The molecule has 2 N–H and O–H groups in total. The summed E-state index contributed by atoms with van der Waals surface area (Å²) in [5.41, 5.74) is 26.4. The van der Waals surface area contributed by atoms with Crippen LogP contribution in [0.1, 0.15) is 45.9 Å². The molecular weight excluding hydrogens is 823 g/mol. The lowest BCUT2D eigenvalue weighted by molar-refractivity contribution is 0.489. The molecule has 0 amide bonds. The Labute approximate surface area is 400 Å². The molecule has 1 spiro atoms. The van der Waals surface area contributed by atoms with E-state index in [2.05, 4.69) is 244 Å². The predicted octanol–water partition coefficient (Wildman–Crippen LogP) is 15.3. The standard InChI is InChI=1S/C65H51N3/c1-45-21-7-2-16-30-51-36-35-46(37-62(51)65(45)60-33-19-17-31-58(60)59-32-18-20-34-61(59)65)44-67-64(57-42-54(49-26-12-5-13-27-49)39-55(43-57)50-28-14-6-15-29-50)68-63(66)56-40-52(47-22-8-3-9-23-47)38-53(41-56)48-24-10-4-11-25-48/h2-29,31-43,45H,30,44H2,1H3,(H2,66,67,68)/b16-2-,21-7-. The van der Waals surface area contributed by atoms with Crippen LogP contribution < -0.4 is 5.73 Å². The van der Waals surface area contributed by atoms with E-state index in [1.165, 1.54) is 33.4 Å². The smallest absolute Gasteiger partial charge is 0.157 e. The Balaban J connectivity index is 1.10. The fourth-order valence-corrected chi connectivity index (χ4v) is 10.5. The molecule has 326 valence electrons. The van der Waals surface area contributed by atoms with Gasteiger partial charge in [-0.1, -0.05) is 219 Å². The minimum absolute atomic E-state index is 0.164. The van der Waals surface area contributed by atoms with Crippen LogP contribution in [-0.4, -0.2) is 11.7 Å². The molecule has 2 aliphatic rings. The van der Waals surface area contributed by atoms with Crippen LogP contribution in [-0.2, 0) is 18.4 Å². The summed E-state index contributed by atoms with van der Waals surface area (Å²) in [7, 11) is 0. The third kappa shape index (κ3) is 8.03. The van der Waals surface area contributed by atoms with Crippen LogP contribution in [0, 0.1) is 5.92 Å². The van der Waals surface area contributed by atoms with E-state index in [9.17, 15) is 0 Å². The summed E-state index contributed by atoms with van der Waals surface area (Å²) in [5.74, 6) is 1.12. The van der Waals surface area contributed by atoms with E-state index in [4.69, 9.17) is 15.7 Å². The number of aliphatic imine (C=N–C) groups is 2. The van der Waals surface area contributed by atoms with Gasteiger partial charge in [0.05, 0.1) is 12.0 Å². The molecule has 0 fully saturated rings. The zero-order chi connectivity index (χ0) is 45.9. The highest BCUT2D eigenvalue weighted by atomic mass is 15.0. The third-order valence-corrected chi connectivity index (χ3v) is 13.7. The maximum Gasteiger partial charge on any atom is 0.157 e. The van der Waals surface area contributed by atoms with Crippen molar-refractivity contribution in [2.45, 2.75) is 25.3 Å². The molecule has 0 saturated carbocycles. The quantitative estimate of drug-likeness (QED) is 0.120. The van der Waals surface area contributed by atoms with Crippen LogP contribution in [0.25, 0.3) is 55.6 Å². The van der Waals surface area contributed by atoms with Gasteiger partial charge in [0.15, 0.2) is 5.84 Å². The number of benzene rings is 9. The number of nitrogens with zero attached hydrogens (tertiary/aromatic N) is 2. The Morgan fingerprint density at radius 3 is 1.43 bits per heavy atom. The van der Waals surface area contributed by atoms with E-state index in [1.807, 2.05) is 12.1 Å². The number of allylic oxidation sites excluding steroid dienone is 4. The van der Waals surface area contributed by atoms with E-state index in [0.717, 1.165) is 67.6 Å². The van der Waals surface area contributed by atoms with Gasteiger partial charge in [0.2, 0.25) is 0 Å². The van der Waals surface area contributed by atoms with Crippen LogP contribution in [0.3, 0.4) is 0 Å². The van der Waals surface area contributed by atoms with Crippen LogP contribution in [0.15, 0.2) is 259 Å². The lowest BCUT2D eigenvalue weighted by Gasteiger charge is -2.39. The molecule has 0 heterocycles. The van der Waals surface area contributed by atoms with Crippen molar-refractivity contribution >= 4 is 11.7 Å². The first-order valence-electron chi connectivity index (χ1n) is 23.6. The SMILES string of the molecule is CC1/C=C\C=C/Cc2ccc(CN=C(N=C(N)c3cc(-c4ccccc4)cc(-c4ccccc4)c3)c3cc(-c4ccccc4)cc(-c4ccccc4)c3)cc2C12c1ccccc1-c1ccccc12. The first-order chi connectivity index (χ1) is 33.5. The third-order valence-electron chi connectivity index (χ3n) is 13.7. The average Bonchev–Trinajstić information content (AvgIpc) is 3.74. The monoisotopic (exact) mass is 873 g/mol. The Morgan fingerprint density at radius 2 is 0.926 bits per heavy atom. The molecule has 0 aliphatic heterocycles. The number of amidine groups is 2. The summed E-state index contributed by atoms with van der Waals surface area (Å²) in [5, 5.41) is 0. The zero-order valence-electron chi connectivity index (χ0n) is 38.1. The number of rotatable bonds is 8. The molecule has 1 unspecified atom stereocenters. The van der Waals surface area contributed by atoms with Gasteiger partial charge in [0.1, 0.15) is 5.84 Å². The fourth-order valence-electron chi connectivity index (χ4n) is 10.5. The van der Waals surface area contributed by atoms with Crippen molar-refractivity contribution < 1.29 is 0 Å². The van der Waals surface area contributed by atoms with Crippen molar-refractivity contribution in [1.82, 2.24) is 0 Å². The average molecular weight is 874 g/mol. The van der Waals surface area contributed by atoms with Gasteiger partial charge in [0, 0.05) is 11.1 Å². The summed E-state index contributed by atoms with van der Waals surface area (Å²) < 4.78 is 0. The molecule has 2 aliphatic carbocycles. The molecule has 0 radical (unpaired) electrons. The Hall–Kier alpha value is -8.40. The fraction of sp³-hybridized carbons (Fsp3) is 0.0769. The molecular formula is C65H51N3. The van der Waals surface area contributed by atoms with Gasteiger partial charge in [-0.3, -0.25) is 4.99 Å². The number of fused-ring (bicyclic) bond motifs is 7. The highest BCUT2D eigenvalue weighted by Gasteiger charge is 2.48. The van der Waals surface area contributed by atoms with Crippen molar-refractivity contribution in [2.75, 3.05) is 0 Å². The summed E-state index contributed by atoms with van der Waals surface area (Å²) in [6, 6.07) is 80.2. The van der Waals surface area contributed by atoms with Gasteiger partial charge in [0.25, 0.3) is 0 Å². The van der Waals surface area contributed by atoms with Crippen molar-refractivity contribution in [1.29, 1.82) is 0 Å². The number of hydrogen-bond donors (Lipinski definition) is 1. The topological polar surface area (TPSA) is 50.7 Å². The second-order valence-corrected chi connectivity index (χ2v) is 17.9. The molecule has 9 aromatic carbocycles. The van der Waals surface area contributed by atoms with Crippen LogP contribution >= 0.6 is 0 Å². The first kappa shape index (κ1) is 42.2. The second kappa shape index (κ2) is 18.5. The summed E-state index contributed by atoms with van der Waals surface area (Å²) in [6.07, 6.45) is 9.92. The molecule has 9 aromatic rings. The molecule has 68 heavy (non-hydrogen) atoms. The van der Waals surface area contributed by atoms with E-state index >= 15 is 0 Å². The second-order valence-electron chi connectivity index (χ2n) is 17.9. The van der Waals surface area contributed by atoms with E-state index in [0.29, 0.717) is 18.2 Å². The molecule has 3 nitrogen and oxygen atoms in total. The predicted molar refractivity (Wildman–Crippen MR) is 285 cm³/mol. The van der Waals surface area contributed by atoms with Crippen molar-refractivity contribution in [2.24, 2.45) is 21.6 Å². The maximum atomic E-state index is 7.27. The lowest BCUT2D eigenvalue weighted by Crippen LogP contribution is -2.35. The molecule has 11 rings (SSSR count). The van der Waals surface area contributed by atoms with Gasteiger partial charge < -0.3 is 5.73 Å². The van der Waals surface area contributed by atoms with Crippen molar-refractivity contribution in [3.05, 3.63) is 288 Å². The van der Waals surface area contributed by atoms with Gasteiger partial charge in [-0.05, 0) is 132 Å². The zero-order valence-corrected chi connectivity index (χ0v) is 38.1. The van der Waals surface area contributed by atoms with E-state index in [-0.39, 0.29) is 5.92 Å². The number of nitrogens with two attached hydrogens (primary N) is 1. The molecule has 3 heteroatoms. The molecule has 0 bridgehead atoms. The lowest BCUT2D eigenvalue weighted by atomic mass is 9.63. The van der Waals surface area contributed by atoms with Gasteiger partial charge in [-0.15, -0.1) is 0 Å². The highest BCUT2D eigenvalue weighted by Crippen LogP contribution is 2.57. The Bertz CT molecular complexity index is 3240. The molecule has 0 saturated heterocycles. The normalized spacial score (nSPS) is 15.9. The van der Waals surface area contributed by atoms with Gasteiger partial charge in [-0.2, -0.15) is 0 Å². The van der Waals surface area contributed by atoms with Crippen LogP contribution in [0.5, 0.6) is 0 Å². The minimum atomic E-state index is -0.398. The Morgan fingerprint density at radius 1 is 0.471 bits per heavy atom. The van der Waals surface area contributed by atoms with Crippen molar-refractivity contribution in [3.8, 4) is 55.6 Å². The van der Waals surface area contributed by atoms with Crippen LogP contribution in [0.4, 0.5) is 0 Å². The van der Waals surface area contributed by atoms with Crippen molar-refractivity contribution in [3.63, 3.8) is 0 Å². The molecule has 0 aromatic heterocycles. The first-order valence-corrected chi connectivity index (χ1v) is 23.6. The summed E-state index contributed by atoms with van der Waals surface area (Å²) >= 11 is 0. The molecule has 1 atom stereocenters. The Kier molecular flexibility index (Phi) is 11.5.